The summed E-state index contributed by atoms with van der Waals surface area (Å²) in [5, 5.41) is 12.6. The lowest BCUT2D eigenvalue weighted by Gasteiger charge is -2.13. The van der Waals surface area contributed by atoms with Crippen molar-refractivity contribution in [2.75, 3.05) is 7.05 Å². The molecule has 108 valence electrons. The Hall–Kier alpha value is -0.910. The van der Waals surface area contributed by atoms with Crippen molar-refractivity contribution in [3.05, 3.63) is 39.1 Å². The van der Waals surface area contributed by atoms with Crippen LogP contribution >= 0.6 is 27.5 Å². The molecular formula is C14H18BrClN4. The van der Waals surface area contributed by atoms with Crippen LogP contribution in [0.5, 0.6) is 0 Å². The Bertz CT molecular complexity index is 593. The predicted molar refractivity (Wildman–Crippen MR) is 85.5 cm³/mol. The minimum atomic E-state index is 0.216. The van der Waals surface area contributed by atoms with Crippen LogP contribution < -0.4 is 5.32 Å². The average Bonchev–Trinajstić information content (AvgIpc) is 2.84. The summed E-state index contributed by atoms with van der Waals surface area (Å²) in [5.74, 6) is 0. The topological polar surface area (TPSA) is 42.7 Å². The smallest absolute Gasteiger partial charge is 0.103 e. The molecular weight excluding hydrogens is 340 g/mol. The van der Waals surface area contributed by atoms with Crippen molar-refractivity contribution < 1.29 is 0 Å². The molecule has 1 atom stereocenters. The van der Waals surface area contributed by atoms with Crippen molar-refractivity contribution in [2.24, 2.45) is 0 Å². The molecule has 1 N–H and O–H groups in total. The molecule has 0 fully saturated rings. The average molecular weight is 358 g/mol. The minimum Gasteiger partial charge on any atom is -0.312 e. The SMILES string of the molecule is CCc1c(C(CC)NC)nnn1-c1ccc(Br)cc1Cl. The van der Waals surface area contributed by atoms with Gasteiger partial charge in [-0.2, -0.15) is 0 Å². The third-order valence-electron chi connectivity index (χ3n) is 3.35. The molecule has 0 saturated heterocycles. The van der Waals surface area contributed by atoms with Gasteiger partial charge in [0, 0.05) is 4.47 Å². The summed E-state index contributed by atoms with van der Waals surface area (Å²) in [7, 11) is 1.94. The van der Waals surface area contributed by atoms with Crippen LogP contribution in [0.2, 0.25) is 5.02 Å². The summed E-state index contributed by atoms with van der Waals surface area (Å²) >= 11 is 9.73. The molecule has 20 heavy (non-hydrogen) atoms. The molecule has 0 aliphatic rings. The van der Waals surface area contributed by atoms with Crippen molar-refractivity contribution in [3.63, 3.8) is 0 Å². The van der Waals surface area contributed by atoms with Gasteiger partial charge in [0.05, 0.1) is 22.4 Å². The van der Waals surface area contributed by atoms with Crippen LogP contribution in [0.4, 0.5) is 0 Å². The predicted octanol–water partition coefficient (Wildman–Crippen LogP) is 3.92. The van der Waals surface area contributed by atoms with Gasteiger partial charge < -0.3 is 5.32 Å². The molecule has 0 aliphatic heterocycles. The molecule has 4 nitrogen and oxygen atoms in total. The first-order valence-corrected chi connectivity index (χ1v) is 7.86. The number of nitrogens with one attached hydrogen (secondary N) is 1. The van der Waals surface area contributed by atoms with E-state index >= 15 is 0 Å². The molecule has 0 spiro atoms. The van der Waals surface area contributed by atoms with Crippen LogP contribution in [-0.4, -0.2) is 22.0 Å². The lowest BCUT2D eigenvalue weighted by atomic mass is 10.1. The van der Waals surface area contributed by atoms with Gasteiger partial charge in [-0.05, 0) is 38.1 Å². The van der Waals surface area contributed by atoms with E-state index in [2.05, 4.69) is 45.4 Å². The normalized spacial score (nSPS) is 12.7. The molecule has 2 aromatic rings. The van der Waals surface area contributed by atoms with Gasteiger partial charge in [0.1, 0.15) is 5.69 Å². The van der Waals surface area contributed by atoms with Gasteiger partial charge in [-0.15, -0.1) is 5.10 Å². The number of hydrogen-bond donors (Lipinski definition) is 1. The summed E-state index contributed by atoms with van der Waals surface area (Å²) in [6, 6.07) is 5.99. The van der Waals surface area contributed by atoms with Crippen molar-refractivity contribution in [3.8, 4) is 5.69 Å². The van der Waals surface area contributed by atoms with E-state index in [1.54, 1.807) is 0 Å². The summed E-state index contributed by atoms with van der Waals surface area (Å²) in [4.78, 5) is 0. The second-order valence-electron chi connectivity index (χ2n) is 4.53. The number of halogens is 2. The van der Waals surface area contributed by atoms with Crippen LogP contribution in [0.1, 0.15) is 37.7 Å². The second kappa shape index (κ2) is 6.70. The summed E-state index contributed by atoms with van der Waals surface area (Å²) in [5.41, 5.74) is 2.95. The summed E-state index contributed by atoms with van der Waals surface area (Å²) in [6.45, 7) is 4.24. The van der Waals surface area contributed by atoms with Crippen LogP contribution in [-0.2, 0) is 6.42 Å². The fraction of sp³-hybridized carbons (Fsp3) is 0.429. The van der Waals surface area contributed by atoms with E-state index < -0.39 is 0 Å². The lowest BCUT2D eigenvalue weighted by Crippen LogP contribution is -2.17. The van der Waals surface area contributed by atoms with Crippen LogP contribution in [0.3, 0.4) is 0 Å². The molecule has 6 heteroatoms. The first-order valence-electron chi connectivity index (χ1n) is 6.69. The zero-order valence-corrected chi connectivity index (χ0v) is 14.2. The maximum Gasteiger partial charge on any atom is 0.103 e. The van der Waals surface area contributed by atoms with Gasteiger partial charge in [0.2, 0.25) is 0 Å². The van der Waals surface area contributed by atoms with Crippen LogP contribution in [0.25, 0.3) is 5.69 Å². The third-order valence-corrected chi connectivity index (χ3v) is 4.15. The second-order valence-corrected chi connectivity index (χ2v) is 5.85. The molecule has 1 heterocycles. The fourth-order valence-corrected chi connectivity index (χ4v) is 3.05. The Kier molecular flexibility index (Phi) is 5.18. The van der Waals surface area contributed by atoms with Gasteiger partial charge in [-0.3, -0.25) is 0 Å². The van der Waals surface area contributed by atoms with E-state index in [1.165, 1.54) is 0 Å². The summed E-state index contributed by atoms with van der Waals surface area (Å²) in [6.07, 6.45) is 1.82. The van der Waals surface area contributed by atoms with Crippen molar-refractivity contribution in [1.82, 2.24) is 20.3 Å². The highest BCUT2D eigenvalue weighted by molar-refractivity contribution is 9.10. The first-order chi connectivity index (χ1) is 9.62. The van der Waals surface area contributed by atoms with E-state index in [4.69, 9.17) is 11.6 Å². The highest BCUT2D eigenvalue weighted by atomic mass is 79.9. The van der Waals surface area contributed by atoms with E-state index in [1.807, 2.05) is 29.9 Å². The number of benzene rings is 1. The van der Waals surface area contributed by atoms with Crippen molar-refractivity contribution in [2.45, 2.75) is 32.7 Å². The van der Waals surface area contributed by atoms with Crippen LogP contribution in [0.15, 0.2) is 22.7 Å². The molecule has 1 unspecified atom stereocenters. The van der Waals surface area contributed by atoms with Gasteiger partial charge in [0.25, 0.3) is 0 Å². The number of aromatic nitrogens is 3. The van der Waals surface area contributed by atoms with Crippen LogP contribution in [0, 0.1) is 0 Å². The standard InChI is InChI=1S/C14H18BrClN4/c1-4-11(17-3)14-12(5-2)20(19-18-14)13-7-6-9(15)8-10(13)16/h6-8,11,17H,4-5H2,1-3H3. The molecule has 0 saturated carbocycles. The maximum absolute atomic E-state index is 6.32. The molecule has 0 bridgehead atoms. The molecule has 2 rings (SSSR count). The largest absolute Gasteiger partial charge is 0.312 e. The number of rotatable bonds is 5. The van der Waals surface area contributed by atoms with Gasteiger partial charge in [-0.1, -0.05) is 46.6 Å². The van der Waals surface area contributed by atoms with Gasteiger partial charge in [0.15, 0.2) is 0 Å². The van der Waals surface area contributed by atoms with Gasteiger partial charge >= 0.3 is 0 Å². The molecule has 0 aliphatic carbocycles. The van der Waals surface area contributed by atoms with E-state index in [0.29, 0.717) is 5.02 Å². The Morgan fingerprint density at radius 2 is 2.15 bits per heavy atom. The maximum atomic E-state index is 6.32. The molecule has 0 radical (unpaired) electrons. The fourth-order valence-electron chi connectivity index (χ4n) is 2.30. The highest BCUT2D eigenvalue weighted by Crippen LogP contribution is 2.27. The van der Waals surface area contributed by atoms with Crippen molar-refractivity contribution in [1.29, 1.82) is 0 Å². The monoisotopic (exact) mass is 356 g/mol. The Labute approximate surface area is 132 Å². The van der Waals surface area contributed by atoms with Crippen molar-refractivity contribution >= 4 is 27.5 Å². The van der Waals surface area contributed by atoms with E-state index in [-0.39, 0.29) is 6.04 Å². The number of hydrogen-bond acceptors (Lipinski definition) is 3. The number of nitrogens with zero attached hydrogens (tertiary/aromatic N) is 3. The zero-order chi connectivity index (χ0) is 14.7. The highest BCUT2D eigenvalue weighted by Gasteiger charge is 2.20. The third kappa shape index (κ3) is 2.90. The lowest BCUT2D eigenvalue weighted by molar-refractivity contribution is 0.555. The Balaban J connectivity index is 2.52. The quantitative estimate of drug-likeness (QED) is 0.882. The molecule has 1 aromatic carbocycles. The minimum absolute atomic E-state index is 0.216. The molecule has 0 amide bonds. The zero-order valence-electron chi connectivity index (χ0n) is 11.8. The Morgan fingerprint density at radius 1 is 1.40 bits per heavy atom. The van der Waals surface area contributed by atoms with E-state index in [9.17, 15) is 0 Å². The molecule has 1 aromatic heterocycles. The Morgan fingerprint density at radius 3 is 2.70 bits per heavy atom. The van der Waals surface area contributed by atoms with E-state index in [0.717, 1.165) is 34.4 Å². The first kappa shape index (κ1) is 15.5. The summed E-state index contributed by atoms with van der Waals surface area (Å²) < 4.78 is 2.79. The van der Waals surface area contributed by atoms with Gasteiger partial charge in [-0.25, -0.2) is 4.68 Å².